The van der Waals surface area contributed by atoms with Gasteiger partial charge in [-0.3, -0.25) is 0 Å². The van der Waals surface area contributed by atoms with Crippen molar-refractivity contribution in [3.05, 3.63) is 119 Å². The zero-order valence-corrected chi connectivity index (χ0v) is 21.3. The molecule has 1 unspecified atom stereocenters. The van der Waals surface area contributed by atoms with E-state index in [9.17, 15) is 4.79 Å². The van der Waals surface area contributed by atoms with Crippen molar-refractivity contribution in [3.63, 3.8) is 0 Å². The van der Waals surface area contributed by atoms with Crippen LogP contribution >= 0.6 is 34.2 Å². The first-order valence-electron chi connectivity index (χ1n) is 10.6. The summed E-state index contributed by atoms with van der Waals surface area (Å²) in [5, 5.41) is 1.68. The number of fused-ring (bicyclic) bond motifs is 1. The Balaban J connectivity index is 1.58. The van der Waals surface area contributed by atoms with E-state index in [4.69, 9.17) is 21.3 Å². The average molecular weight is 568 g/mol. The molecule has 0 saturated carbocycles. The zero-order chi connectivity index (χ0) is 23.6. The van der Waals surface area contributed by atoms with Crippen molar-refractivity contribution >= 4 is 56.6 Å². The number of hydrogen-bond donors (Lipinski definition) is 0. The third kappa shape index (κ3) is 5.12. The molecule has 0 radical (unpaired) electrons. The molecule has 0 bridgehead atoms. The van der Waals surface area contributed by atoms with Crippen LogP contribution in [0, 0.1) is 0 Å². The molecular formula is C28H23ClINO2. The van der Waals surface area contributed by atoms with Gasteiger partial charge in [0.1, 0.15) is 6.10 Å². The molecule has 0 spiro atoms. The highest BCUT2D eigenvalue weighted by Crippen LogP contribution is 2.38. The minimum atomic E-state index is -0.442. The molecule has 0 saturated heterocycles. The molecule has 0 aliphatic rings. The van der Waals surface area contributed by atoms with E-state index < -0.39 is 3.42 Å². The normalized spacial score (nSPS) is 13.8. The highest BCUT2D eigenvalue weighted by Gasteiger charge is 2.33. The lowest BCUT2D eigenvalue weighted by molar-refractivity contribution is 0.0276. The van der Waals surface area contributed by atoms with Gasteiger partial charge >= 0.3 is 5.97 Å². The monoisotopic (exact) mass is 567 g/mol. The second-order valence-electron chi connectivity index (χ2n) is 8.08. The van der Waals surface area contributed by atoms with Crippen LogP contribution in [0.2, 0.25) is 5.02 Å². The largest absolute Gasteiger partial charge is 0.457 e. The Morgan fingerprint density at radius 3 is 2.45 bits per heavy atom. The molecule has 166 valence electrons. The Hall–Kier alpha value is -2.70. The predicted molar refractivity (Wildman–Crippen MR) is 144 cm³/mol. The van der Waals surface area contributed by atoms with Gasteiger partial charge in [-0.25, -0.2) is 9.78 Å². The molecule has 3 aromatic carbocycles. The van der Waals surface area contributed by atoms with Gasteiger partial charge in [-0.1, -0.05) is 89.3 Å². The fourth-order valence-electron chi connectivity index (χ4n) is 3.57. The lowest BCUT2D eigenvalue weighted by Gasteiger charge is -2.30. The maximum Gasteiger partial charge on any atom is 0.338 e. The number of alkyl halides is 1. The van der Waals surface area contributed by atoms with E-state index in [-0.39, 0.29) is 12.1 Å². The van der Waals surface area contributed by atoms with E-state index in [2.05, 4.69) is 42.2 Å². The summed E-state index contributed by atoms with van der Waals surface area (Å²) in [6.07, 6.45) is -0.352. The molecule has 1 aromatic heterocycles. The molecule has 2 atom stereocenters. The summed E-state index contributed by atoms with van der Waals surface area (Å²) < 4.78 is 5.36. The van der Waals surface area contributed by atoms with Gasteiger partial charge < -0.3 is 4.74 Å². The summed E-state index contributed by atoms with van der Waals surface area (Å²) in [5.41, 5.74) is 4.99. The van der Waals surface area contributed by atoms with Crippen LogP contribution < -0.4 is 0 Å². The van der Waals surface area contributed by atoms with E-state index in [1.54, 1.807) is 12.1 Å². The van der Waals surface area contributed by atoms with E-state index in [0.717, 1.165) is 33.3 Å². The first-order chi connectivity index (χ1) is 15.8. The number of halogens is 2. The van der Waals surface area contributed by atoms with Crippen molar-refractivity contribution in [2.24, 2.45) is 0 Å². The average Bonchev–Trinajstić information content (AvgIpc) is 2.83. The van der Waals surface area contributed by atoms with Gasteiger partial charge in [-0.2, -0.15) is 0 Å². The number of esters is 1. The molecule has 5 heteroatoms. The first kappa shape index (κ1) is 23.5. The smallest absolute Gasteiger partial charge is 0.338 e. The summed E-state index contributed by atoms with van der Waals surface area (Å²) in [7, 11) is 0. The number of ether oxygens (including phenoxy) is 1. The molecule has 0 aliphatic heterocycles. The molecule has 33 heavy (non-hydrogen) atoms. The van der Waals surface area contributed by atoms with E-state index in [1.807, 2.05) is 73.7 Å². The van der Waals surface area contributed by atoms with Crippen LogP contribution in [0.4, 0.5) is 0 Å². The van der Waals surface area contributed by atoms with Crippen LogP contribution in [0.15, 0.2) is 91.5 Å². The summed E-state index contributed by atoms with van der Waals surface area (Å²) in [4.78, 5) is 17.3. The molecule has 0 fully saturated rings. The minimum absolute atomic E-state index is 0.328. The second kappa shape index (κ2) is 9.65. The number of hydrogen-bond acceptors (Lipinski definition) is 3. The van der Waals surface area contributed by atoms with E-state index in [0.29, 0.717) is 10.6 Å². The summed E-state index contributed by atoms with van der Waals surface area (Å²) in [6, 6.07) is 26.9. The van der Waals surface area contributed by atoms with Crippen molar-refractivity contribution < 1.29 is 9.53 Å². The van der Waals surface area contributed by atoms with Crippen LogP contribution in [0.1, 0.15) is 41.0 Å². The maximum atomic E-state index is 12.6. The molecule has 1 heterocycles. The van der Waals surface area contributed by atoms with Crippen LogP contribution in [0.5, 0.6) is 0 Å². The lowest BCUT2D eigenvalue weighted by Crippen LogP contribution is -2.32. The third-order valence-corrected chi connectivity index (χ3v) is 7.53. The van der Waals surface area contributed by atoms with Gasteiger partial charge in [0, 0.05) is 16.0 Å². The number of aromatic nitrogens is 1. The molecular weight excluding hydrogens is 545 g/mol. The molecule has 0 aliphatic carbocycles. The topological polar surface area (TPSA) is 39.2 Å². The van der Waals surface area contributed by atoms with Crippen LogP contribution in [0.3, 0.4) is 0 Å². The molecule has 0 amide bonds. The van der Waals surface area contributed by atoms with Gasteiger partial charge in [0.15, 0.2) is 0 Å². The SMILES string of the molecule is C=C(c1cccc([C@@](C)(I)C(C)OC(=O)c2ccccc2)c1)c1ccc2ccc(Cl)cc2n1. The van der Waals surface area contributed by atoms with Crippen LogP contribution in [-0.4, -0.2) is 17.1 Å². The van der Waals surface area contributed by atoms with Gasteiger partial charge in [-0.05, 0) is 61.4 Å². The van der Waals surface area contributed by atoms with Crippen LogP contribution in [-0.2, 0) is 8.16 Å². The highest BCUT2D eigenvalue weighted by molar-refractivity contribution is 14.1. The van der Waals surface area contributed by atoms with Gasteiger partial charge in [0.25, 0.3) is 0 Å². The maximum absolute atomic E-state index is 12.6. The van der Waals surface area contributed by atoms with Gasteiger partial charge in [0.05, 0.1) is 20.2 Å². The Kier molecular flexibility index (Phi) is 6.86. The van der Waals surface area contributed by atoms with E-state index in [1.165, 1.54) is 0 Å². The summed E-state index contributed by atoms with van der Waals surface area (Å²) >= 11 is 8.50. The Morgan fingerprint density at radius 2 is 1.70 bits per heavy atom. The predicted octanol–water partition coefficient (Wildman–Crippen LogP) is 7.85. The van der Waals surface area contributed by atoms with Crippen molar-refractivity contribution in [1.29, 1.82) is 0 Å². The van der Waals surface area contributed by atoms with Crippen molar-refractivity contribution in [1.82, 2.24) is 4.98 Å². The Labute approximate surface area is 212 Å². The zero-order valence-electron chi connectivity index (χ0n) is 18.4. The highest BCUT2D eigenvalue weighted by atomic mass is 127. The number of carbonyl (C=O) groups excluding carboxylic acids is 1. The van der Waals surface area contributed by atoms with Crippen molar-refractivity contribution in [2.75, 3.05) is 0 Å². The number of carbonyl (C=O) groups is 1. The van der Waals surface area contributed by atoms with Crippen molar-refractivity contribution in [3.8, 4) is 0 Å². The number of rotatable bonds is 6. The molecule has 4 rings (SSSR count). The minimum Gasteiger partial charge on any atom is -0.457 e. The molecule has 3 nitrogen and oxygen atoms in total. The second-order valence-corrected chi connectivity index (χ2v) is 10.8. The Morgan fingerprint density at radius 1 is 1.00 bits per heavy atom. The summed E-state index contributed by atoms with van der Waals surface area (Å²) in [6.45, 7) is 8.28. The molecule has 0 N–H and O–H groups in total. The lowest BCUT2D eigenvalue weighted by atomic mass is 9.92. The molecule has 4 aromatic rings. The first-order valence-corrected chi connectivity index (χ1v) is 12.0. The number of nitrogens with zero attached hydrogens (tertiary/aromatic N) is 1. The van der Waals surface area contributed by atoms with Gasteiger partial charge in [-0.15, -0.1) is 0 Å². The quantitative estimate of drug-likeness (QED) is 0.135. The van der Waals surface area contributed by atoms with E-state index >= 15 is 0 Å². The van der Waals surface area contributed by atoms with Crippen LogP contribution in [0.25, 0.3) is 16.5 Å². The summed E-state index contributed by atoms with van der Waals surface area (Å²) in [5.74, 6) is -0.328. The number of benzene rings is 3. The number of pyridine rings is 1. The standard InChI is InChI=1S/C28H23ClINO2/c1-18(25-15-13-20-12-14-24(29)17-26(20)31-25)22-10-7-11-23(16-22)28(3,30)19(2)33-27(32)21-8-5-4-6-9-21/h4-17,19H,1H2,2-3H3/t19?,28-/m0/s1. The Bertz CT molecular complexity index is 1330. The fourth-order valence-corrected chi connectivity index (χ4v) is 4.19. The van der Waals surface area contributed by atoms with Gasteiger partial charge in [0.2, 0.25) is 0 Å². The fraction of sp³-hybridized carbons (Fsp3) is 0.143. The third-order valence-electron chi connectivity index (χ3n) is 5.80. The van der Waals surface area contributed by atoms with Crippen molar-refractivity contribution in [2.45, 2.75) is 23.4 Å².